The van der Waals surface area contributed by atoms with Crippen molar-refractivity contribution in [1.29, 1.82) is 0 Å². The van der Waals surface area contributed by atoms with Gasteiger partial charge in [0.1, 0.15) is 0 Å². The molecule has 2 aromatic rings. The zero-order valence-electron chi connectivity index (χ0n) is 16.1. The van der Waals surface area contributed by atoms with Gasteiger partial charge in [0.05, 0.1) is 27.9 Å². The topological polar surface area (TPSA) is 55.3 Å². The Hall–Kier alpha value is -2.89. The Morgan fingerprint density at radius 3 is 2.19 bits per heavy atom. The Kier molecular flexibility index (Phi) is 7.14. The first-order valence-corrected chi connectivity index (χ1v) is 8.38. The minimum Gasteiger partial charge on any atom is -0.493 e. The van der Waals surface area contributed by atoms with Crippen molar-refractivity contribution in [2.45, 2.75) is 13.1 Å². The highest BCUT2D eigenvalue weighted by atomic mass is 16.5. The van der Waals surface area contributed by atoms with Gasteiger partial charge in [0.2, 0.25) is 5.75 Å². The van der Waals surface area contributed by atoms with Gasteiger partial charge in [0.15, 0.2) is 17.5 Å². The normalized spacial score (nSPS) is 11.0. The molecule has 6 heteroatoms. The fraction of sp³-hybridized carbons (Fsp3) is 0.350. The van der Waals surface area contributed by atoms with Crippen molar-refractivity contribution in [1.82, 2.24) is 10.2 Å². The zero-order valence-corrected chi connectivity index (χ0v) is 16.1. The molecule has 0 bridgehead atoms. The van der Waals surface area contributed by atoms with Gasteiger partial charge in [0, 0.05) is 26.2 Å². The number of hydrogen-bond donors (Lipinski definition) is 1. The predicted octanol–water partition coefficient (Wildman–Crippen LogP) is 2.92. The van der Waals surface area contributed by atoms with Gasteiger partial charge in [-0.3, -0.25) is 0 Å². The summed E-state index contributed by atoms with van der Waals surface area (Å²) in [5.74, 6) is 2.67. The summed E-state index contributed by atoms with van der Waals surface area (Å²) in [6.07, 6.45) is 0. The minimum atomic E-state index is 0.551. The molecule has 0 saturated carbocycles. The number of nitrogens with one attached hydrogen (secondary N) is 1. The molecule has 0 heterocycles. The van der Waals surface area contributed by atoms with E-state index in [1.54, 1.807) is 21.3 Å². The molecule has 0 saturated heterocycles. The number of nitrogens with zero attached hydrogens (tertiary/aromatic N) is 2. The lowest BCUT2D eigenvalue weighted by Gasteiger charge is -2.20. The highest BCUT2D eigenvalue weighted by molar-refractivity contribution is 5.79. The third-order valence-electron chi connectivity index (χ3n) is 3.90. The van der Waals surface area contributed by atoms with Gasteiger partial charge >= 0.3 is 0 Å². The van der Waals surface area contributed by atoms with Crippen LogP contribution in [-0.4, -0.2) is 46.3 Å². The van der Waals surface area contributed by atoms with E-state index < -0.39 is 0 Å². The molecule has 0 unspecified atom stereocenters. The van der Waals surface area contributed by atoms with Crippen LogP contribution in [0.4, 0.5) is 0 Å². The van der Waals surface area contributed by atoms with Crippen LogP contribution < -0.4 is 19.5 Å². The third-order valence-corrected chi connectivity index (χ3v) is 3.90. The maximum absolute atomic E-state index is 5.53. The van der Waals surface area contributed by atoms with Crippen LogP contribution >= 0.6 is 0 Å². The van der Waals surface area contributed by atoms with Crippen LogP contribution in [0.1, 0.15) is 11.1 Å². The van der Waals surface area contributed by atoms with Gasteiger partial charge in [-0.2, -0.15) is 0 Å². The first kappa shape index (κ1) is 19.4. The van der Waals surface area contributed by atoms with Crippen molar-refractivity contribution in [3.8, 4) is 17.2 Å². The van der Waals surface area contributed by atoms with Crippen molar-refractivity contribution in [2.24, 2.45) is 4.99 Å². The number of rotatable bonds is 7. The van der Waals surface area contributed by atoms with E-state index in [9.17, 15) is 0 Å². The van der Waals surface area contributed by atoms with Gasteiger partial charge in [0.25, 0.3) is 0 Å². The second-order valence-corrected chi connectivity index (χ2v) is 5.87. The molecule has 0 aromatic heterocycles. The van der Waals surface area contributed by atoms with Crippen molar-refractivity contribution in [3.63, 3.8) is 0 Å². The molecule has 2 aromatic carbocycles. The maximum Gasteiger partial charge on any atom is 0.203 e. The van der Waals surface area contributed by atoms with Crippen LogP contribution in [0.2, 0.25) is 0 Å². The van der Waals surface area contributed by atoms with E-state index >= 15 is 0 Å². The SMILES string of the molecule is COc1ccc(CNC(=NCc2ccccc2)N(C)C)c(OC)c1OC. The van der Waals surface area contributed by atoms with Gasteiger partial charge in [-0.1, -0.05) is 30.3 Å². The summed E-state index contributed by atoms with van der Waals surface area (Å²) in [7, 11) is 8.75. The number of guanidine groups is 1. The molecule has 1 N–H and O–H groups in total. The fourth-order valence-corrected chi connectivity index (χ4v) is 2.58. The van der Waals surface area contributed by atoms with Crippen LogP contribution in [0.15, 0.2) is 47.5 Å². The van der Waals surface area contributed by atoms with E-state index in [0.717, 1.165) is 17.1 Å². The van der Waals surface area contributed by atoms with E-state index in [-0.39, 0.29) is 0 Å². The average molecular weight is 357 g/mol. The Morgan fingerprint density at radius 2 is 1.62 bits per heavy atom. The highest BCUT2D eigenvalue weighted by Gasteiger charge is 2.16. The van der Waals surface area contributed by atoms with Gasteiger partial charge < -0.3 is 24.4 Å². The number of aliphatic imine (C=N–C) groups is 1. The zero-order chi connectivity index (χ0) is 18.9. The third kappa shape index (κ3) is 4.81. The molecule has 2 rings (SSSR count). The first-order valence-electron chi connectivity index (χ1n) is 8.38. The Balaban J connectivity index is 2.16. The van der Waals surface area contributed by atoms with Gasteiger partial charge in [-0.25, -0.2) is 4.99 Å². The van der Waals surface area contributed by atoms with Crippen molar-refractivity contribution >= 4 is 5.96 Å². The van der Waals surface area contributed by atoms with Crippen molar-refractivity contribution in [3.05, 3.63) is 53.6 Å². The standard InChI is InChI=1S/C20H27N3O3/c1-23(2)20(21-13-15-9-7-6-8-10-15)22-14-16-11-12-17(24-3)19(26-5)18(16)25-4/h6-12H,13-14H2,1-5H3,(H,21,22). The molecule has 0 fully saturated rings. The quantitative estimate of drug-likeness (QED) is 0.610. The van der Waals surface area contributed by atoms with E-state index in [0.29, 0.717) is 30.3 Å². The molecule has 0 aliphatic carbocycles. The molecule has 6 nitrogen and oxygen atoms in total. The van der Waals surface area contributed by atoms with Crippen molar-refractivity contribution < 1.29 is 14.2 Å². The number of hydrogen-bond acceptors (Lipinski definition) is 4. The Morgan fingerprint density at radius 1 is 0.923 bits per heavy atom. The van der Waals surface area contributed by atoms with Gasteiger partial charge in [-0.05, 0) is 17.7 Å². The second kappa shape index (κ2) is 9.56. The first-order chi connectivity index (χ1) is 12.6. The van der Waals surface area contributed by atoms with Crippen LogP contribution in [0.3, 0.4) is 0 Å². The van der Waals surface area contributed by atoms with E-state index in [1.807, 2.05) is 49.3 Å². The number of ether oxygens (including phenoxy) is 3. The molecule has 0 aliphatic rings. The summed E-state index contributed by atoms with van der Waals surface area (Å²) < 4.78 is 16.3. The molecule has 0 radical (unpaired) electrons. The number of methoxy groups -OCH3 is 3. The molecular weight excluding hydrogens is 330 g/mol. The minimum absolute atomic E-state index is 0.551. The summed E-state index contributed by atoms with van der Waals surface area (Å²) in [4.78, 5) is 6.63. The Labute approximate surface area is 155 Å². The lowest BCUT2D eigenvalue weighted by Crippen LogP contribution is -2.36. The summed E-state index contributed by atoms with van der Waals surface area (Å²) in [6, 6.07) is 14.0. The largest absolute Gasteiger partial charge is 0.493 e. The molecule has 0 atom stereocenters. The lowest BCUT2D eigenvalue weighted by molar-refractivity contribution is 0.322. The molecule has 0 aliphatic heterocycles. The van der Waals surface area contributed by atoms with Crippen molar-refractivity contribution in [2.75, 3.05) is 35.4 Å². The van der Waals surface area contributed by atoms with Crippen LogP contribution in [0.5, 0.6) is 17.2 Å². The Bertz CT molecular complexity index is 731. The van der Waals surface area contributed by atoms with Crippen LogP contribution in [0, 0.1) is 0 Å². The highest BCUT2D eigenvalue weighted by Crippen LogP contribution is 2.39. The monoisotopic (exact) mass is 357 g/mol. The van der Waals surface area contributed by atoms with Crippen LogP contribution in [-0.2, 0) is 13.1 Å². The van der Waals surface area contributed by atoms with E-state index in [4.69, 9.17) is 14.2 Å². The predicted molar refractivity (Wildman–Crippen MR) is 104 cm³/mol. The maximum atomic E-state index is 5.53. The van der Waals surface area contributed by atoms with Gasteiger partial charge in [-0.15, -0.1) is 0 Å². The summed E-state index contributed by atoms with van der Waals surface area (Å²) in [6.45, 7) is 1.17. The van der Waals surface area contributed by atoms with Crippen LogP contribution in [0.25, 0.3) is 0 Å². The average Bonchev–Trinajstić information content (AvgIpc) is 2.67. The molecule has 0 amide bonds. The summed E-state index contributed by atoms with van der Waals surface area (Å²) in [5, 5.41) is 3.37. The molecule has 26 heavy (non-hydrogen) atoms. The van der Waals surface area contributed by atoms with E-state index in [2.05, 4.69) is 22.4 Å². The second-order valence-electron chi connectivity index (χ2n) is 5.87. The lowest BCUT2D eigenvalue weighted by atomic mass is 10.1. The fourth-order valence-electron chi connectivity index (χ4n) is 2.58. The summed E-state index contributed by atoms with van der Waals surface area (Å²) >= 11 is 0. The molecule has 0 spiro atoms. The summed E-state index contributed by atoms with van der Waals surface area (Å²) in [5.41, 5.74) is 2.12. The number of benzene rings is 2. The molecular formula is C20H27N3O3. The van der Waals surface area contributed by atoms with E-state index in [1.165, 1.54) is 0 Å². The molecule has 140 valence electrons. The smallest absolute Gasteiger partial charge is 0.203 e.